The molecular formula is C29H30N2O. The molecule has 0 fully saturated rings. The number of Topliss-reactive ketones (excluding diaryl/α,β-unsaturated/α-hetero) is 1. The van der Waals surface area contributed by atoms with Crippen LogP contribution in [0.25, 0.3) is 27.4 Å². The molecule has 3 heteroatoms. The van der Waals surface area contributed by atoms with Crippen LogP contribution in [0.2, 0.25) is 0 Å². The van der Waals surface area contributed by atoms with Gasteiger partial charge in [0.05, 0.1) is 0 Å². The fourth-order valence-corrected chi connectivity index (χ4v) is 4.49. The molecule has 0 aliphatic rings. The van der Waals surface area contributed by atoms with Crippen LogP contribution >= 0.6 is 0 Å². The molecule has 2 heterocycles. The predicted octanol–water partition coefficient (Wildman–Crippen LogP) is 7.13. The quantitative estimate of drug-likeness (QED) is 0.219. The monoisotopic (exact) mass is 422 g/mol. The molecule has 0 bridgehead atoms. The van der Waals surface area contributed by atoms with Crippen LogP contribution in [0.3, 0.4) is 0 Å². The first kappa shape index (κ1) is 21.6. The Bertz CT molecular complexity index is 1390. The molecule has 0 spiro atoms. The normalized spacial score (nSPS) is 11.2. The standard InChI is InChI=1S/C29H30N2O/c1-7-12-30-17-26(19(2)3)25-15-23(9-11-28(25)30)13-21(5)16-31-18-27(22(6)32)24-14-20(4)8-10-29(24)31/h7-11,14-15,17-18H,1-2,5,12-13,16H2,3-4,6H3. The molecule has 2 aromatic heterocycles. The van der Waals surface area contributed by atoms with Crippen LogP contribution in [0.1, 0.15) is 40.9 Å². The predicted molar refractivity (Wildman–Crippen MR) is 136 cm³/mol. The van der Waals surface area contributed by atoms with E-state index in [-0.39, 0.29) is 5.78 Å². The van der Waals surface area contributed by atoms with E-state index >= 15 is 0 Å². The summed E-state index contributed by atoms with van der Waals surface area (Å²) in [7, 11) is 0. The van der Waals surface area contributed by atoms with Crippen molar-refractivity contribution < 1.29 is 4.79 Å². The zero-order chi connectivity index (χ0) is 23.0. The van der Waals surface area contributed by atoms with Gasteiger partial charge in [0.1, 0.15) is 0 Å². The van der Waals surface area contributed by atoms with Crippen molar-refractivity contribution >= 4 is 33.2 Å². The smallest absolute Gasteiger partial charge is 0.161 e. The SMILES string of the molecule is C=CCn1cc(C(=C)C)c2cc(CC(=C)Cn3cc(C(C)=O)c4cc(C)ccc43)ccc21. The van der Waals surface area contributed by atoms with Gasteiger partial charge in [-0.2, -0.15) is 0 Å². The van der Waals surface area contributed by atoms with E-state index in [2.05, 4.69) is 78.4 Å². The first-order valence-electron chi connectivity index (χ1n) is 10.9. The van der Waals surface area contributed by atoms with Gasteiger partial charge in [-0.1, -0.05) is 42.5 Å². The van der Waals surface area contributed by atoms with Gasteiger partial charge in [-0.05, 0) is 62.6 Å². The number of carbonyl (C=O) groups is 1. The third-order valence-corrected chi connectivity index (χ3v) is 6.00. The lowest BCUT2D eigenvalue weighted by molar-refractivity contribution is 0.101. The second kappa shape index (κ2) is 8.51. The first-order chi connectivity index (χ1) is 15.3. The number of allylic oxidation sites excluding steroid dienone is 3. The number of nitrogens with zero attached hydrogens (tertiary/aromatic N) is 2. The van der Waals surface area contributed by atoms with Crippen molar-refractivity contribution in [1.29, 1.82) is 0 Å². The molecule has 0 radical (unpaired) electrons. The molecule has 4 aromatic rings. The number of benzene rings is 2. The van der Waals surface area contributed by atoms with Crippen molar-refractivity contribution in [2.24, 2.45) is 0 Å². The Morgan fingerprint density at radius 2 is 1.59 bits per heavy atom. The van der Waals surface area contributed by atoms with E-state index in [4.69, 9.17) is 0 Å². The molecule has 0 aliphatic heterocycles. The van der Waals surface area contributed by atoms with E-state index in [0.717, 1.165) is 46.1 Å². The lowest BCUT2D eigenvalue weighted by atomic mass is 10.0. The maximum atomic E-state index is 12.2. The van der Waals surface area contributed by atoms with E-state index in [1.165, 1.54) is 22.0 Å². The van der Waals surface area contributed by atoms with Crippen LogP contribution in [-0.2, 0) is 19.5 Å². The highest BCUT2D eigenvalue weighted by molar-refractivity contribution is 6.07. The Kier molecular flexibility index (Phi) is 5.75. The highest BCUT2D eigenvalue weighted by atomic mass is 16.1. The Hall–Kier alpha value is -3.59. The van der Waals surface area contributed by atoms with Gasteiger partial charge in [0, 0.05) is 58.4 Å². The summed E-state index contributed by atoms with van der Waals surface area (Å²) in [5, 5.41) is 2.23. The zero-order valence-electron chi connectivity index (χ0n) is 19.2. The number of ketones is 1. The number of carbonyl (C=O) groups excluding carboxylic acids is 1. The molecule has 0 aliphatic carbocycles. The van der Waals surface area contributed by atoms with E-state index in [9.17, 15) is 4.79 Å². The number of aryl methyl sites for hydroxylation is 1. The molecule has 0 saturated carbocycles. The average molecular weight is 423 g/mol. The van der Waals surface area contributed by atoms with Gasteiger partial charge in [-0.15, -0.1) is 6.58 Å². The summed E-state index contributed by atoms with van der Waals surface area (Å²) >= 11 is 0. The lowest BCUT2D eigenvalue weighted by Crippen LogP contribution is -2.02. The van der Waals surface area contributed by atoms with Gasteiger partial charge in [0.25, 0.3) is 0 Å². The average Bonchev–Trinajstić information content (AvgIpc) is 3.26. The van der Waals surface area contributed by atoms with Crippen LogP contribution in [0, 0.1) is 6.92 Å². The van der Waals surface area contributed by atoms with Crippen molar-refractivity contribution in [2.45, 2.75) is 40.3 Å². The maximum Gasteiger partial charge on any atom is 0.161 e. The number of hydrogen-bond acceptors (Lipinski definition) is 1. The fraction of sp³-hybridized carbons (Fsp3) is 0.207. The van der Waals surface area contributed by atoms with Gasteiger partial charge < -0.3 is 9.13 Å². The van der Waals surface area contributed by atoms with Crippen LogP contribution in [0.4, 0.5) is 0 Å². The summed E-state index contributed by atoms with van der Waals surface area (Å²) in [6.07, 6.45) is 6.81. The molecule has 162 valence electrons. The van der Waals surface area contributed by atoms with E-state index in [1.54, 1.807) is 6.92 Å². The summed E-state index contributed by atoms with van der Waals surface area (Å²) in [5.41, 5.74) is 8.74. The van der Waals surface area contributed by atoms with Crippen molar-refractivity contribution in [2.75, 3.05) is 0 Å². The fourth-order valence-electron chi connectivity index (χ4n) is 4.49. The summed E-state index contributed by atoms with van der Waals surface area (Å²) in [4.78, 5) is 12.2. The molecule has 0 atom stereocenters. The van der Waals surface area contributed by atoms with Crippen LogP contribution in [-0.4, -0.2) is 14.9 Å². The van der Waals surface area contributed by atoms with Gasteiger partial charge in [0.15, 0.2) is 5.78 Å². The van der Waals surface area contributed by atoms with Crippen molar-refractivity contribution in [3.8, 4) is 0 Å². The third kappa shape index (κ3) is 3.99. The van der Waals surface area contributed by atoms with E-state index in [0.29, 0.717) is 6.54 Å². The highest BCUT2D eigenvalue weighted by Gasteiger charge is 2.14. The van der Waals surface area contributed by atoms with Crippen LogP contribution in [0.15, 0.2) is 80.2 Å². The largest absolute Gasteiger partial charge is 0.343 e. The molecule has 0 amide bonds. The Morgan fingerprint density at radius 3 is 2.28 bits per heavy atom. The maximum absolute atomic E-state index is 12.2. The van der Waals surface area contributed by atoms with Crippen molar-refractivity contribution in [3.63, 3.8) is 0 Å². The van der Waals surface area contributed by atoms with Crippen LogP contribution in [0.5, 0.6) is 0 Å². The van der Waals surface area contributed by atoms with Gasteiger partial charge in [0.2, 0.25) is 0 Å². The second-order valence-corrected chi connectivity index (χ2v) is 8.79. The number of rotatable bonds is 8. The number of hydrogen-bond donors (Lipinski definition) is 0. The summed E-state index contributed by atoms with van der Waals surface area (Å²) < 4.78 is 4.36. The number of aromatic nitrogens is 2. The van der Waals surface area contributed by atoms with Gasteiger partial charge in [-0.25, -0.2) is 0 Å². The van der Waals surface area contributed by atoms with Crippen LogP contribution < -0.4 is 0 Å². The Morgan fingerprint density at radius 1 is 0.938 bits per heavy atom. The van der Waals surface area contributed by atoms with Crippen molar-refractivity contribution in [3.05, 3.63) is 102 Å². The minimum absolute atomic E-state index is 0.0896. The lowest BCUT2D eigenvalue weighted by Gasteiger charge is -2.10. The molecule has 32 heavy (non-hydrogen) atoms. The van der Waals surface area contributed by atoms with Crippen molar-refractivity contribution in [1.82, 2.24) is 9.13 Å². The molecule has 0 saturated heterocycles. The van der Waals surface area contributed by atoms with Gasteiger partial charge >= 0.3 is 0 Å². The highest BCUT2D eigenvalue weighted by Crippen LogP contribution is 2.29. The van der Waals surface area contributed by atoms with E-state index < -0.39 is 0 Å². The topological polar surface area (TPSA) is 26.9 Å². The molecule has 4 rings (SSSR count). The molecule has 2 aromatic carbocycles. The number of fused-ring (bicyclic) bond motifs is 2. The van der Waals surface area contributed by atoms with Gasteiger partial charge in [-0.3, -0.25) is 4.79 Å². The Labute approximate surface area is 190 Å². The summed E-state index contributed by atoms with van der Waals surface area (Å²) in [6.45, 7) is 19.6. The summed E-state index contributed by atoms with van der Waals surface area (Å²) in [5.74, 6) is 0.0896. The third-order valence-electron chi connectivity index (χ3n) is 6.00. The minimum atomic E-state index is 0.0896. The molecule has 0 unspecified atom stereocenters. The minimum Gasteiger partial charge on any atom is -0.343 e. The summed E-state index contributed by atoms with van der Waals surface area (Å²) in [6, 6.07) is 12.9. The molecular weight excluding hydrogens is 392 g/mol. The first-order valence-corrected chi connectivity index (χ1v) is 10.9. The Balaban J connectivity index is 1.63. The van der Waals surface area contributed by atoms with E-state index in [1.807, 2.05) is 19.2 Å². The molecule has 3 nitrogen and oxygen atoms in total. The molecule has 0 N–H and O–H groups in total. The zero-order valence-corrected chi connectivity index (χ0v) is 19.2. The second-order valence-electron chi connectivity index (χ2n) is 8.79.